The Hall–Kier alpha value is -1.35. The molecule has 0 aliphatic heterocycles. The molecule has 1 atom stereocenters. The van der Waals surface area contributed by atoms with E-state index in [0.717, 1.165) is 11.3 Å². The van der Waals surface area contributed by atoms with E-state index >= 15 is 0 Å². The van der Waals surface area contributed by atoms with Crippen LogP contribution in [0.5, 0.6) is 0 Å². The van der Waals surface area contributed by atoms with Crippen molar-refractivity contribution in [1.82, 2.24) is 0 Å². The molecular weight excluding hydrogens is 260 g/mol. The van der Waals surface area contributed by atoms with Gasteiger partial charge in [0.2, 0.25) is 5.91 Å². The fourth-order valence-corrected chi connectivity index (χ4v) is 2.19. The number of carbonyl (C=O) groups excluding carboxylic acids is 1. The fourth-order valence-electron chi connectivity index (χ4n) is 2.19. The van der Waals surface area contributed by atoms with Crippen molar-refractivity contribution in [2.75, 3.05) is 4.90 Å². The molecule has 0 radical (unpaired) electrons. The van der Waals surface area contributed by atoms with Gasteiger partial charge in [0, 0.05) is 24.7 Å². The molecule has 0 fully saturated rings. The lowest BCUT2D eigenvalue weighted by Gasteiger charge is -2.32. The highest BCUT2D eigenvalue weighted by Crippen LogP contribution is 2.30. The number of hydrogen-bond donors (Lipinski definition) is 1. The van der Waals surface area contributed by atoms with Gasteiger partial charge in [0.05, 0.1) is 0 Å². The Balaban J connectivity index is 2.93. The van der Waals surface area contributed by atoms with Crippen LogP contribution < -0.4 is 10.6 Å². The van der Waals surface area contributed by atoms with Crippen LogP contribution in [0.25, 0.3) is 0 Å². The smallest absolute Gasteiger partial charge is 0.227 e. The molecule has 0 saturated carbocycles. The Morgan fingerprint density at radius 1 is 1.14 bits per heavy atom. The summed E-state index contributed by atoms with van der Waals surface area (Å²) in [7, 11) is 0. The lowest BCUT2D eigenvalue weighted by atomic mass is 9.80. The van der Waals surface area contributed by atoms with Crippen molar-refractivity contribution in [1.29, 1.82) is 0 Å². The summed E-state index contributed by atoms with van der Waals surface area (Å²) in [5, 5.41) is 0. The lowest BCUT2D eigenvalue weighted by molar-refractivity contribution is -0.120. The quantitative estimate of drug-likeness (QED) is 0.892. The van der Waals surface area contributed by atoms with E-state index in [1.54, 1.807) is 0 Å². The highest BCUT2D eigenvalue weighted by atomic mass is 16.2. The number of rotatable bonds is 5. The Morgan fingerprint density at radius 2 is 1.67 bits per heavy atom. The van der Waals surface area contributed by atoms with E-state index in [4.69, 9.17) is 5.73 Å². The second-order valence-electron chi connectivity index (χ2n) is 7.20. The van der Waals surface area contributed by atoms with Crippen LogP contribution in [-0.4, -0.2) is 11.9 Å². The predicted molar refractivity (Wildman–Crippen MR) is 90.2 cm³/mol. The second kappa shape index (κ2) is 7.08. The summed E-state index contributed by atoms with van der Waals surface area (Å²) in [5.41, 5.74) is 7.80. The molecule has 0 bridgehead atoms. The Labute approximate surface area is 129 Å². The van der Waals surface area contributed by atoms with Crippen molar-refractivity contribution >= 4 is 11.6 Å². The third kappa shape index (κ3) is 4.85. The summed E-state index contributed by atoms with van der Waals surface area (Å²) in [5.74, 6) is 0.530. The van der Waals surface area contributed by atoms with Crippen molar-refractivity contribution in [2.45, 2.75) is 60.5 Å². The molecule has 0 heterocycles. The van der Waals surface area contributed by atoms with Crippen molar-refractivity contribution in [3.63, 3.8) is 0 Å². The van der Waals surface area contributed by atoms with Gasteiger partial charge in [-0.1, -0.05) is 39.8 Å². The molecule has 1 rings (SSSR count). The molecule has 3 nitrogen and oxygen atoms in total. The first-order valence-electron chi connectivity index (χ1n) is 7.78. The molecule has 2 N–H and O–H groups in total. The van der Waals surface area contributed by atoms with Crippen LogP contribution in [-0.2, 0) is 11.3 Å². The summed E-state index contributed by atoms with van der Waals surface area (Å²) >= 11 is 0. The number of carbonyl (C=O) groups is 1. The van der Waals surface area contributed by atoms with Gasteiger partial charge in [0.25, 0.3) is 0 Å². The normalized spacial score (nSPS) is 13.3. The van der Waals surface area contributed by atoms with Crippen molar-refractivity contribution in [3.05, 3.63) is 29.8 Å². The molecule has 1 aromatic carbocycles. The molecule has 0 spiro atoms. The first-order valence-corrected chi connectivity index (χ1v) is 7.78. The number of amides is 1. The van der Waals surface area contributed by atoms with E-state index in [1.807, 2.05) is 29.2 Å². The van der Waals surface area contributed by atoms with Crippen LogP contribution in [0.2, 0.25) is 0 Å². The van der Waals surface area contributed by atoms with Gasteiger partial charge in [-0.3, -0.25) is 4.79 Å². The fraction of sp³-hybridized carbons (Fsp3) is 0.611. The first-order chi connectivity index (χ1) is 9.66. The van der Waals surface area contributed by atoms with Crippen molar-refractivity contribution in [2.24, 2.45) is 17.1 Å². The molecule has 1 aromatic rings. The Bertz CT molecular complexity index is 457. The summed E-state index contributed by atoms with van der Waals surface area (Å²) in [4.78, 5) is 14.6. The maximum absolute atomic E-state index is 12.7. The van der Waals surface area contributed by atoms with E-state index < -0.39 is 0 Å². The van der Waals surface area contributed by atoms with Crippen molar-refractivity contribution < 1.29 is 4.79 Å². The zero-order chi connectivity index (χ0) is 16.2. The molecule has 118 valence electrons. The van der Waals surface area contributed by atoms with Gasteiger partial charge in [-0.15, -0.1) is 0 Å². The summed E-state index contributed by atoms with van der Waals surface area (Å²) < 4.78 is 0. The molecule has 0 aliphatic carbocycles. The second-order valence-corrected chi connectivity index (χ2v) is 7.20. The van der Waals surface area contributed by atoms with E-state index in [1.165, 1.54) is 0 Å². The van der Waals surface area contributed by atoms with E-state index in [-0.39, 0.29) is 17.4 Å². The van der Waals surface area contributed by atoms with Crippen molar-refractivity contribution in [3.8, 4) is 0 Å². The maximum atomic E-state index is 12.7. The lowest BCUT2D eigenvalue weighted by Crippen LogP contribution is -2.39. The number of anilines is 1. The van der Waals surface area contributed by atoms with Crippen LogP contribution in [0, 0.1) is 11.3 Å². The van der Waals surface area contributed by atoms with Crippen LogP contribution in [0.4, 0.5) is 5.69 Å². The Kier molecular flexibility index (Phi) is 5.97. The van der Waals surface area contributed by atoms with Gasteiger partial charge in [-0.2, -0.15) is 0 Å². The minimum Gasteiger partial charge on any atom is -0.326 e. The zero-order valence-electron chi connectivity index (χ0n) is 14.3. The molecule has 3 heteroatoms. The third-order valence-electron chi connectivity index (χ3n) is 4.19. The summed E-state index contributed by atoms with van der Waals surface area (Å²) in [6.45, 7) is 13.3. The highest BCUT2D eigenvalue weighted by molar-refractivity contribution is 5.94. The molecule has 0 saturated heterocycles. The minimum atomic E-state index is 0.141. The standard InChI is InChI=1S/C18H30N2O/c1-13(2)20(16-9-7-15(12-19)8-10-16)17(21)11-14(3)18(4,5)6/h7-10,13-14H,11-12,19H2,1-6H3. The number of benzene rings is 1. The monoisotopic (exact) mass is 290 g/mol. The van der Waals surface area contributed by atoms with E-state index in [9.17, 15) is 4.79 Å². The van der Waals surface area contributed by atoms with Gasteiger partial charge >= 0.3 is 0 Å². The van der Waals surface area contributed by atoms with Gasteiger partial charge in [-0.25, -0.2) is 0 Å². The highest BCUT2D eigenvalue weighted by Gasteiger charge is 2.26. The van der Waals surface area contributed by atoms with E-state index in [2.05, 4.69) is 41.5 Å². The average Bonchev–Trinajstić information content (AvgIpc) is 2.38. The maximum Gasteiger partial charge on any atom is 0.227 e. The van der Waals surface area contributed by atoms with Gasteiger partial charge in [-0.05, 0) is 42.9 Å². The molecule has 1 unspecified atom stereocenters. The topological polar surface area (TPSA) is 46.3 Å². The number of nitrogens with two attached hydrogens (primary N) is 1. The van der Waals surface area contributed by atoms with E-state index in [0.29, 0.717) is 18.9 Å². The number of nitrogens with zero attached hydrogens (tertiary/aromatic N) is 1. The minimum absolute atomic E-state index is 0.141. The summed E-state index contributed by atoms with van der Waals surface area (Å²) in [6, 6.07) is 8.11. The van der Waals surface area contributed by atoms with Crippen LogP contribution in [0.15, 0.2) is 24.3 Å². The largest absolute Gasteiger partial charge is 0.326 e. The SMILES string of the molecule is CC(C)N(C(=O)CC(C)C(C)(C)C)c1ccc(CN)cc1. The summed E-state index contributed by atoms with van der Waals surface area (Å²) in [6.07, 6.45) is 0.570. The van der Waals surface area contributed by atoms with Gasteiger partial charge in [0.15, 0.2) is 0 Å². The van der Waals surface area contributed by atoms with Crippen LogP contribution in [0.3, 0.4) is 0 Å². The molecule has 0 aliphatic rings. The van der Waals surface area contributed by atoms with Gasteiger partial charge in [0.1, 0.15) is 0 Å². The van der Waals surface area contributed by atoms with Crippen LogP contribution >= 0.6 is 0 Å². The average molecular weight is 290 g/mol. The zero-order valence-corrected chi connectivity index (χ0v) is 14.3. The van der Waals surface area contributed by atoms with Crippen LogP contribution in [0.1, 0.15) is 53.5 Å². The Morgan fingerprint density at radius 3 is 2.05 bits per heavy atom. The first kappa shape index (κ1) is 17.7. The molecule has 0 aromatic heterocycles. The molecular formula is C18H30N2O. The number of hydrogen-bond acceptors (Lipinski definition) is 2. The molecule has 1 amide bonds. The van der Waals surface area contributed by atoms with Gasteiger partial charge < -0.3 is 10.6 Å². The predicted octanol–water partition coefficient (Wildman–Crippen LogP) is 3.96. The third-order valence-corrected chi connectivity index (χ3v) is 4.19. The molecule has 21 heavy (non-hydrogen) atoms.